The van der Waals surface area contributed by atoms with Gasteiger partial charge in [0.25, 0.3) is 0 Å². The SMILES string of the molecule is CCNC(=NCc1ccc(OC(C)C)nc1)N1CCN(c2nc(CC)ns2)CC1. The summed E-state index contributed by atoms with van der Waals surface area (Å²) in [4.78, 5) is 18.4. The number of nitrogens with one attached hydrogen (secondary N) is 1. The maximum absolute atomic E-state index is 5.60. The van der Waals surface area contributed by atoms with Gasteiger partial charge in [0.1, 0.15) is 5.82 Å². The minimum absolute atomic E-state index is 0.124. The molecule has 2 aromatic heterocycles. The van der Waals surface area contributed by atoms with E-state index >= 15 is 0 Å². The molecule has 0 aliphatic carbocycles. The number of anilines is 1. The first-order valence-corrected chi connectivity index (χ1v) is 11.1. The number of rotatable bonds is 7. The molecule has 158 valence electrons. The average Bonchev–Trinajstić information content (AvgIpc) is 3.21. The van der Waals surface area contributed by atoms with Gasteiger partial charge in [-0.1, -0.05) is 13.0 Å². The van der Waals surface area contributed by atoms with Gasteiger partial charge in [-0.2, -0.15) is 4.37 Å². The van der Waals surface area contributed by atoms with Crippen molar-refractivity contribution in [1.29, 1.82) is 0 Å². The van der Waals surface area contributed by atoms with Gasteiger partial charge in [0, 0.05) is 62.9 Å². The fourth-order valence-corrected chi connectivity index (χ4v) is 3.84. The summed E-state index contributed by atoms with van der Waals surface area (Å²) in [6.07, 6.45) is 2.84. The molecule has 1 fully saturated rings. The van der Waals surface area contributed by atoms with E-state index in [0.717, 1.165) is 61.6 Å². The topological polar surface area (TPSA) is 78.8 Å². The zero-order valence-electron chi connectivity index (χ0n) is 17.8. The van der Waals surface area contributed by atoms with E-state index in [4.69, 9.17) is 9.73 Å². The lowest BCUT2D eigenvalue weighted by atomic mass is 10.3. The number of hydrogen-bond acceptors (Lipinski definition) is 7. The van der Waals surface area contributed by atoms with E-state index in [-0.39, 0.29) is 6.10 Å². The third-order valence-electron chi connectivity index (χ3n) is 4.52. The molecule has 1 aliphatic heterocycles. The second kappa shape index (κ2) is 10.4. The minimum Gasteiger partial charge on any atom is -0.475 e. The maximum atomic E-state index is 5.60. The lowest BCUT2D eigenvalue weighted by molar-refractivity contribution is 0.232. The van der Waals surface area contributed by atoms with Gasteiger partial charge in [-0.3, -0.25) is 0 Å². The number of guanidine groups is 1. The van der Waals surface area contributed by atoms with Gasteiger partial charge in [0.05, 0.1) is 12.6 Å². The molecule has 0 atom stereocenters. The Kier molecular flexibility index (Phi) is 7.62. The van der Waals surface area contributed by atoms with Gasteiger partial charge in [-0.25, -0.2) is 15.0 Å². The molecule has 0 bridgehead atoms. The molecular formula is C20H31N7OS. The van der Waals surface area contributed by atoms with Crippen LogP contribution in [0.15, 0.2) is 23.3 Å². The summed E-state index contributed by atoms with van der Waals surface area (Å²) in [5, 5.41) is 4.44. The van der Waals surface area contributed by atoms with E-state index in [1.165, 1.54) is 11.5 Å². The molecule has 1 N–H and O–H groups in total. The van der Waals surface area contributed by atoms with Crippen LogP contribution in [0.5, 0.6) is 5.88 Å². The lowest BCUT2D eigenvalue weighted by Gasteiger charge is -2.36. The molecule has 0 saturated carbocycles. The quantitative estimate of drug-likeness (QED) is 0.548. The molecule has 3 rings (SSSR count). The number of aliphatic imine (C=N–C) groups is 1. The first-order valence-electron chi connectivity index (χ1n) is 10.3. The molecule has 3 heterocycles. The summed E-state index contributed by atoms with van der Waals surface area (Å²) < 4.78 is 10.0. The van der Waals surface area contributed by atoms with Crippen LogP contribution in [-0.4, -0.2) is 64.0 Å². The predicted octanol–water partition coefficient (Wildman–Crippen LogP) is 2.57. The number of aromatic nitrogens is 3. The molecule has 0 aromatic carbocycles. The summed E-state index contributed by atoms with van der Waals surface area (Å²) in [6.45, 7) is 13.3. The van der Waals surface area contributed by atoms with Gasteiger partial charge < -0.3 is 19.9 Å². The van der Waals surface area contributed by atoms with Crippen LogP contribution in [0.2, 0.25) is 0 Å². The van der Waals surface area contributed by atoms with E-state index in [9.17, 15) is 0 Å². The van der Waals surface area contributed by atoms with Crippen molar-refractivity contribution in [1.82, 2.24) is 24.6 Å². The fraction of sp³-hybridized carbons (Fsp3) is 0.600. The summed E-state index contributed by atoms with van der Waals surface area (Å²) >= 11 is 1.50. The zero-order valence-corrected chi connectivity index (χ0v) is 18.6. The third kappa shape index (κ3) is 6.03. The Bertz CT molecular complexity index is 782. The highest BCUT2D eigenvalue weighted by molar-refractivity contribution is 7.09. The van der Waals surface area contributed by atoms with Crippen molar-refractivity contribution in [2.24, 2.45) is 4.99 Å². The molecule has 1 saturated heterocycles. The van der Waals surface area contributed by atoms with Crippen LogP contribution in [0.1, 0.15) is 39.1 Å². The van der Waals surface area contributed by atoms with Crippen molar-refractivity contribution in [2.45, 2.75) is 46.8 Å². The Morgan fingerprint density at radius 3 is 2.62 bits per heavy atom. The van der Waals surface area contributed by atoms with Crippen LogP contribution in [0.4, 0.5) is 5.13 Å². The Labute approximate surface area is 177 Å². The van der Waals surface area contributed by atoms with Gasteiger partial charge in [-0.15, -0.1) is 0 Å². The highest BCUT2D eigenvalue weighted by atomic mass is 32.1. The number of pyridine rings is 1. The van der Waals surface area contributed by atoms with Crippen molar-refractivity contribution < 1.29 is 4.74 Å². The van der Waals surface area contributed by atoms with Crippen molar-refractivity contribution in [3.63, 3.8) is 0 Å². The number of aryl methyl sites for hydroxylation is 1. The number of hydrogen-bond donors (Lipinski definition) is 1. The van der Waals surface area contributed by atoms with Crippen LogP contribution < -0.4 is 15.0 Å². The van der Waals surface area contributed by atoms with Crippen LogP contribution in [0.25, 0.3) is 0 Å². The van der Waals surface area contributed by atoms with E-state index in [1.807, 2.05) is 32.2 Å². The summed E-state index contributed by atoms with van der Waals surface area (Å²) in [5.41, 5.74) is 1.07. The van der Waals surface area contributed by atoms with Crippen molar-refractivity contribution in [2.75, 3.05) is 37.6 Å². The molecular weight excluding hydrogens is 386 g/mol. The van der Waals surface area contributed by atoms with Crippen molar-refractivity contribution in [3.8, 4) is 5.88 Å². The fourth-order valence-electron chi connectivity index (χ4n) is 3.03. The van der Waals surface area contributed by atoms with Crippen LogP contribution in [-0.2, 0) is 13.0 Å². The Morgan fingerprint density at radius 2 is 2.03 bits per heavy atom. The van der Waals surface area contributed by atoms with Gasteiger partial charge in [0.2, 0.25) is 11.0 Å². The predicted molar refractivity (Wildman–Crippen MR) is 118 cm³/mol. The Morgan fingerprint density at radius 1 is 1.24 bits per heavy atom. The number of piperazine rings is 1. The minimum atomic E-state index is 0.124. The summed E-state index contributed by atoms with van der Waals surface area (Å²) in [6, 6.07) is 3.93. The first kappa shape index (κ1) is 21.3. The molecule has 29 heavy (non-hydrogen) atoms. The number of nitrogens with zero attached hydrogens (tertiary/aromatic N) is 6. The van der Waals surface area contributed by atoms with Gasteiger partial charge in [0.15, 0.2) is 5.96 Å². The summed E-state index contributed by atoms with van der Waals surface area (Å²) in [5.74, 6) is 2.53. The van der Waals surface area contributed by atoms with Gasteiger partial charge in [-0.05, 0) is 26.3 Å². The molecule has 0 unspecified atom stereocenters. The molecule has 0 amide bonds. The normalized spacial score (nSPS) is 15.1. The number of ether oxygens (including phenoxy) is 1. The zero-order chi connectivity index (χ0) is 20.6. The lowest BCUT2D eigenvalue weighted by Crippen LogP contribution is -2.52. The van der Waals surface area contributed by atoms with E-state index in [0.29, 0.717) is 12.4 Å². The van der Waals surface area contributed by atoms with Crippen LogP contribution in [0, 0.1) is 0 Å². The molecule has 1 aliphatic rings. The molecule has 0 radical (unpaired) electrons. The highest BCUT2D eigenvalue weighted by Gasteiger charge is 2.22. The first-order chi connectivity index (χ1) is 14.1. The third-order valence-corrected chi connectivity index (χ3v) is 5.34. The van der Waals surface area contributed by atoms with E-state index in [1.54, 1.807) is 0 Å². The van der Waals surface area contributed by atoms with Crippen molar-refractivity contribution in [3.05, 3.63) is 29.7 Å². The molecule has 2 aromatic rings. The largest absolute Gasteiger partial charge is 0.475 e. The second-order valence-electron chi connectivity index (χ2n) is 7.16. The Balaban J connectivity index is 1.58. The Hall–Kier alpha value is -2.42. The van der Waals surface area contributed by atoms with Gasteiger partial charge >= 0.3 is 0 Å². The molecule has 0 spiro atoms. The maximum Gasteiger partial charge on any atom is 0.213 e. The smallest absolute Gasteiger partial charge is 0.213 e. The highest BCUT2D eigenvalue weighted by Crippen LogP contribution is 2.19. The van der Waals surface area contributed by atoms with Crippen LogP contribution >= 0.6 is 11.5 Å². The molecule has 9 heteroatoms. The molecule has 8 nitrogen and oxygen atoms in total. The van der Waals surface area contributed by atoms with E-state index in [2.05, 4.69) is 43.3 Å². The van der Waals surface area contributed by atoms with Crippen LogP contribution in [0.3, 0.4) is 0 Å². The monoisotopic (exact) mass is 417 g/mol. The standard InChI is InChI=1S/C20H31N7OS/c1-5-17-24-20(29-25-17)27-11-9-26(10-12-27)19(21-6-2)23-14-16-7-8-18(22-13-16)28-15(3)4/h7-8,13,15H,5-6,9-12,14H2,1-4H3,(H,21,23). The van der Waals surface area contributed by atoms with E-state index < -0.39 is 0 Å². The summed E-state index contributed by atoms with van der Waals surface area (Å²) in [7, 11) is 0. The second-order valence-corrected chi connectivity index (χ2v) is 7.89. The average molecular weight is 418 g/mol. The van der Waals surface area contributed by atoms with Crippen molar-refractivity contribution >= 4 is 22.6 Å².